The van der Waals surface area contributed by atoms with Crippen LogP contribution in [0.5, 0.6) is 0 Å². The van der Waals surface area contributed by atoms with Gasteiger partial charge in [0.2, 0.25) is 0 Å². The first-order valence-electron chi connectivity index (χ1n) is 9.24. The second-order valence-corrected chi connectivity index (χ2v) is 8.13. The van der Waals surface area contributed by atoms with Gasteiger partial charge < -0.3 is 5.11 Å². The van der Waals surface area contributed by atoms with E-state index in [0.29, 0.717) is 35.5 Å². The first-order chi connectivity index (χ1) is 11.6. The normalized spacial score (nSPS) is 16.7. The number of hydrogen-bond donors (Lipinski definition) is 1. The highest BCUT2D eigenvalue weighted by molar-refractivity contribution is 6.24. The van der Waals surface area contributed by atoms with Crippen LogP contribution in [0.15, 0.2) is 23.8 Å². The molecule has 1 atom stereocenters. The Morgan fingerprint density at radius 2 is 1.64 bits per heavy atom. The molecule has 1 aromatic carbocycles. The van der Waals surface area contributed by atoms with Crippen LogP contribution in [-0.4, -0.2) is 22.3 Å². The number of Topliss-reactive ketones (excluding diaryl/α,β-unsaturated/α-hetero) is 1. The van der Waals surface area contributed by atoms with E-state index >= 15 is 0 Å². The lowest BCUT2D eigenvalue weighted by Gasteiger charge is -2.25. The molecule has 136 valence electrons. The maximum atomic E-state index is 12.7. The molecule has 1 N–H and O–H groups in total. The van der Waals surface area contributed by atoms with Crippen molar-refractivity contribution in [2.45, 2.75) is 72.3 Å². The number of hydrogen-bond acceptors (Lipinski definition) is 3. The Bertz CT molecular complexity index is 708. The van der Waals surface area contributed by atoms with Gasteiger partial charge in [0.15, 0.2) is 11.6 Å². The molecule has 0 heterocycles. The topological polar surface area (TPSA) is 54.4 Å². The molecule has 0 spiro atoms. The van der Waals surface area contributed by atoms with Crippen molar-refractivity contribution in [1.29, 1.82) is 0 Å². The third-order valence-corrected chi connectivity index (χ3v) is 5.17. The first-order valence-corrected chi connectivity index (χ1v) is 9.24. The highest BCUT2D eigenvalue weighted by atomic mass is 16.3. The van der Waals surface area contributed by atoms with E-state index in [1.807, 2.05) is 26.8 Å². The van der Waals surface area contributed by atoms with Gasteiger partial charge in [-0.2, -0.15) is 0 Å². The quantitative estimate of drug-likeness (QED) is 0.761. The SMILES string of the molecule is Cc1cc2c(cc1C)C(=O)C(CCC(C)(O)CCCC(C)C)=CC2=O. The lowest BCUT2D eigenvalue weighted by Crippen LogP contribution is -2.26. The first kappa shape index (κ1) is 19.6. The summed E-state index contributed by atoms with van der Waals surface area (Å²) in [6, 6.07) is 3.62. The minimum atomic E-state index is -0.803. The summed E-state index contributed by atoms with van der Waals surface area (Å²) in [5.74, 6) is 0.446. The Morgan fingerprint density at radius 3 is 2.24 bits per heavy atom. The van der Waals surface area contributed by atoms with Crippen molar-refractivity contribution < 1.29 is 14.7 Å². The molecule has 0 saturated heterocycles. The monoisotopic (exact) mass is 342 g/mol. The molecule has 3 heteroatoms. The number of benzene rings is 1. The van der Waals surface area contributed by atoms with Crippen LogP contribution in [0.25, 0.3) is 0 Å². The summed E-state index contributed by atoms with van der Waals surface area (Å²) in [5, 5.41) is 10.6. The van der Waals surface area contributed by atoms with Gasteiger partial charge in [-0.15, -0.1) is 0 Å². The number of carbonyl (C=O) groups is 2. The van der Waals surface area contributed by atoms with Gasteiger partial charge in [-0.25, -0.2) is 0 Å². The molecule has 3 nitrogen and oxygen atoms in total. The van der Waals surface area contributed by atoms with E-state index in [0.717, 1.165) is 30.4 Å². The molecule has 1 aromatic rings. The fraction of sp³-hybridized carbons (Fsp3) is 0.545. The zero-order chi connectivity index (χ0) is 18.8. The molecule has 1 unspecified atom stereocenters. The highest BCUT2D eigenvalue weighted by Crippen LogP contribution is 2.29. The Balaban J connectivity index is 2.07. The standard InChI is InChI=1S/C22H30O3/c1-14(2)7-6-9-22(5,25)10-8-17-13-20(23)18-11-15(3)16(4)12-19(18)21(17)24/h11-14,25H,6-10H2,1-5H3. The molecular formula is C22H30O3. The second kappa shape index (κ2) is 7.65. The Kier molecular flexibility index (Phi) is 5.99. The van der Waals surface area contributed by atoms with Gasteiger partial charge in [0.1, 0.15) is 0 Å². The molecule has 2 rings (SSSR count). The summed E-state index contributed by atoms with van der Waals surface area (Å²) in [6.07, 6.45) is 5.17. The van der Waals surface area contributed by atoms with Crippen molar-refractivity contribution in [2.75, 3.05) is 0 Å². The van der Waals surface area contributed by atoms with Crippen LogP contribution in [0.3, 0.4) is 0 Å². The van der Waals surface area contributed by atoms with Crippen LogP contribution < -0.4 is 0 Å². The van der Waals surface area contributed by atoms with E-state index in [9.17, 15) is 14.7 Å². The van der Waals surface area contributed by atoms with Crippen molar-refractivity contribution in [3.63, 3.8) is 0 Å². The Morgan fingerprint density at radius 1 is 1.04 bits per heavy atom. The van der Waals surface area contributed by atoms with Gasteiger partial charge in [-0.1, -0.05) is 26.7 Å². The zero-order valence-corrected chi connectivity index (χ0v) is 16.1. The maximum absolute atomic E-state index is 12.7. The van der Waals surface area contributed by atoms with Crippen molar-refractivity contribution >= 4 is 11.6 Å². The van der Waals surface area contributed by atoms with E-state index in [1.54, 1.807) is 6.07 Å². The Labute approximate surface area is 151 Å². The minimum Gasteiger partial charge on any atom is -0.390 e. The average molecular weight is 342 g/mol. The summed E-state index contributed by atoms with van der Waals surface area (Å²) in [4.78, 5) is 25.1. The number of rotatable bonds is 7. The lowest BCUT2D eigenvalue weighted by atomic mass is 9.83. The van der Waals surface area contributed by atoms with Gasteiger partial charge in [-0.05, 0) is 75.3 Å². The van der Waals surface area contributed by atoms with Crippen LogP contribution in [0.1, 0.15) is 84.7 Å². The van der Waals surface area contributed by atoms with E-state index in [2.05, 4.69) is 13.8 Å². The predicted molar refractivity (Wildman–Crippen MR) is 101 cm³/mol. The summed E-state index contributed by atoms with van der Waals surface area (Å²) in [7, 11) is 0. The number of aliphatic hydroxyl groups is 1. The summed E-state index contributed by atoms with van der Waals surface area (Å²) in [5.41, 5.74) is 2.75. The fourth-order valence-corrected chi connectivity index (χ4v) is 3.29. The number of carbonyl (C=O) groups excluding carboxylic acids is 2. The number of allylic oxidation sites excluding steroid dienone is 2. The molecule has 0 amide bonds. The molecule has 0 saturated carbocycles. The number of aryl methyl sites for hydroxylation is 2. The Hall–Kier alpha value is -1.74. The molecule has 0 radical (unpaired) electrons. The molecule has 0 aromatic heterocycles. The van der Waals surface area contributed by atoms with Crippen LogP contribution in [0, 0.1) is 19.8 Å². The zero-order valence-electron chi connectivity index (χ0n) is 16.1. The predicted octanol–water partition coefficient (Wildman–Crippen LogP) is 4.97. The van der Waals surface area contributed by atoms with E-state index < -0.39 is 5.60 Å². The largest absolute Gasteiger partial charge is 0.390 e. The van der Waals surface area contributed by atoms with Crippen LogP contribution in [0.2, 0.25) is 0 Å². The van der Waals surface area contributed by atoms with Crippen molar-refractivity contribution in [3.8, 4) is 0 Å². The van der Waals surface area contributed by atoms with Crippen LogP contribution >= 0.6 is 0 Å². The van der Waals surface area contributed by atoms with Crippen molar-refractivity contribution in [1.82, 2.24) is 0 Å². The molecule has 0 bridgehead atoms. The average Bonchev–Trinajstić information content (AvgIpc) is 2.51. The number of fused-ring (bicyclic) bond motifs is 1. The highest BCUT2D eigenvalue weighted by Gasteiger charge is 2.28. The maximum Gasteiger partial charge on any atom is 0.189 e. The van der Waals surface area contributed by atoms with Gasteiger partial charge in [0.25, 0.3) is 0 Å². The summed E-state index contributed by atoms with van der Waals surface area (Å²) in [6.45, 7) is 10.1. The van der Waals surface area contributed by atoms with Crippen LogP contribution in [-0.2, 0) is 0 Å². The van der Waals surface area contributed by atoms with Gasteiger partial charge in [-0.3, -0.25) is 9.59 Å². The fourth-order valence-electron chi connectivity index (χ4n) is 3.29. The number of ketones is 2. The van der Waals surface area contributed by atoms with Gasteiger partial charge >= 0.3 is 0 Å². The smallest absolute Gasteiger partial charge is 0.189 e. The summed E-state index contributed by atoms with van der Waals surface area (Å²) >= 11 is 0. The van der Waals surface area contributed by atoms with E-state index in [-0.39, 0.29) is 11.6 Å². The second-order valence-electron chi connectivity index (χ2n) is 8.13. The molecule has 1 aliphatic rings. The molecular weight excluding hydrogens is 312 g/mol. The van der Waals surface area contributed by atoms with E-state index in [1.165, 1.54) is 6.08 Å². The summed E-state index contributed by atoms with van der Waals surface area (Å²) < 4.78 is 0. The third kappa shape index (κ3) is 4.88. The third-order valence-electron chi connectivity index (χ3n) is 5.17. The molecule has 25 heavy (non-hydrogen) atoms. The van der Waals surface area contributed by atoms with Gasteiger partial charge in [0, 0.05) is 16.7 Å². The minimum absolute atomic E-state index is 0.0734. The van der Waals surface area contributed by atoms with Crippen LogP contribution in [0.4, 0.5) is 0 Å². The van der Waals surface area contributed by atoms with E-state index in [4.69, 9.17) is 0 Å². The lowest BCUT2D eigenvalue weighted by molar-refractivity contribution is 0.0387. The van der Waals surface area contributed by atoms with Crippen molar-refractivity contribution in [3.05, 3.63) is 46.0 Å². The molecule has 1 aliphatic carbocycles. The van der Waals surface area contributed by atoms with Gasteiger partial charge in [0.05, 0.1) is 5.60 Å². The molecule has 0 aliphatic heterocycles. The molecule has 0 fully saturated rings. The van der Waals surface area contributed by atoms with Crippen molar-refractivity contribution in [2.24, 2.45) is 5.92 Å².